The summed E-state index contributed by atoms with van der Waals surface area (Å²) >= 11 is 0. The number of imidazole rings is 1. The third-order valence-corrected chi connectivity index (χ3v) is 2.29. The molecule has 0 atom stereocenters. The molecule has 94 valence electrons. The molecule has 0 bridgehead atoms. The molecule has 0 aliphatic carbocycles. The van der Waals surface area contributed by atoms with Gasteiger partial charge in [0.15, 0.2) is 0 Å². The van der Waals surface area contributed by atoms with Gasteiger partial charge in [-0.2, -0.15) is 8.78 Å². The van der Waals surface area contributed by atoms with Gasteiger partial charge in [-0.3, -0.25) is 4.79 Å². The van der Waals surface area contributed by atoms with Gasteiger partial charge in [-0.05, 0) is 12.1 Å². The van der Waals surface area contributed by atoms with Gasteiger partial charge in [0.2, 0.25) is 5.78 Å². The second-order valence-electron chi connectivity index (χ2n) is 3.63. The first-order valence-corrected chi connectivity index (χ1v) is 5.14. The average molecular weight is 252 g/mol. The maximum Gasteiger partial charge on any atom is 0.387 e. The first kappa shape index (κ1) is 12.2. The van der Waals surface area contributed by atoms with E-state index in [0.717, 1.165) is 0 Å². The van der Waals surface area contributed by atoms with Crippen LogP contribution in [0, 0.1) is 0 Å². The van der Waals surface area contributed by atoms with Crippen molar-refractivity contribution in [2.45, 2.75) is 6.61 Å². The molecule has 0 spiro atoms. The lowest BCUT2D eigenvalue weighted by Gasteiger charge is -2.08. The minimum Gasteiger partial charge on any atom is -0.434 e. The van der Waals surface area contributed by atoms with Crippen LogP contribution >= 0.6 is 0 Å². The van der Waals surface area contributed by atoms with Gasteiger partial charge in [0.05, 0.1) is 11.9 Å². The monoisotopic (exact) mass is 252 g/mol. The summed E-state index contributed by atoms with van der Waals surface area (Å²) < 4.78 is 30.3. The fourth-order valence-electron chi connectivity index (χ4n) is 1.52. The van der Waals surface area contributed by atoms with Crippen LogP contribution in [0.15, 0.2) is 36.8 Å². The van der Waals surface area contributed by atoms with Crippen LogP contribution in [0.25, 0.3) is 0 Å². The Balaban J connectivity index is 2.35. The van der Waals surface area contributed by atoms with Crippen molar-refractivity contribution in [1.82, 2.24) is 9.55 Å². The number of ketones is 1. The van der Waals surface area contributed by atoms with Crippen LogP contribution in [0.3, 0.4) is 0 Å². The van der Waals surface area contributed by atoms with E-state index in [-0.39, 0.29) is 17.0 Å². The fraction of sp³-hybridized carbons (Fsp3) is 0.167. The second kappa shape index (κ2) is 4.95. The number of hydrogen-bond acceptors (Lipinski definition) is 3. The Morgan fingerprint density at radius 2 is 2.11 bits per heavy atom. The predicted octanol–water partition coefficient (Wildman–Crippen LogP) is 2.25. The van der Waals surface area contributed by atoms with E-state index in [0.29, 0.717) is 0 Å². The molecule has 1 aromatic heterocycles. The first-order valence-electron chi connectivity index (χ1n) is 5.14. The number of hydrogen-bond donors (Lipinski definition) is 0. The van der Waals surface area contributed by atoms with E-state index in [2.05, 4.69) is 9.72 Å². The van der Waals surface area contributed by atoms with E-state index in [1.54, 1.807) is 17.7 Å². The topological polar surface area (TPSA) is 44.1 Å². The lowest BCUT2D eigenvalue weighted by Crippen LogP contribution is -2.09. The number of ether oxygens (including phenoxy) is 1. The highest BCUT2D eigenvalue weighted by molar-refractivity contribution is 6.09. The Kier molecular flexibility index (Phi) is 3.36. The van der Waals surface area contributed by atoms with E-state index < -0.39 is 12.4 Å². The molecule has 0 unspecified atom stereocenters. The summed E-state index contributed by atoms with van der Waals surface area (Å²) in [6, 6.07) is 5.85. The molecule has 0 radical (unpaired) electrons. The maximum atomic E-state index is 12.2. The van der Waals surface area contributed by atoms with E-state index in [9.17, 15) is 13.6 Å². The fourth-order valence-corrected chi connectivity index (χ4v) is 1.52. The van der Waals surface area contributed by atoms with Crippen LogP contribution in [-0.2, 0) is 7.05 Å². The molecule has 0 saturated carbocycles. The number of rotatable bonds is 4. The molecule has 2 aromatic rings. The van der Waals surface area contributed by atoms with Crippen molar-refractivity contribution in [3.8, 4) is 5.75 Å². The Labute approximate surface area is 102 Å². The largest absolute Gasteiger partial charge is 0.434 e. The highest BCUT2D eigenvalue weighted by Crippen LogP contribution is 2.22. The lowest BCUT2D eigenvalue weighted by atomic mass is 10.1. The Bertz CT molecular complexity index is 567. The normalized spacial score (nSPS) is 10.7. The van der Waals surface area contributed by atoms with Crippen molar-refractivity contribution >= 4 is 5.78 Å². The van der Waals surface area contributed by atoms with Crippen LogP contribution in [-0.4, -0.2) is 21.9 Å². The Morgan fingerprint density at radius 3 is 2.72 bits per heavy atom. The first-order chi connectivity index (χ1) is 8.58. The average Bonchev–Trinajstić information content (AvgIpc) is 2.75. The molecule has 18 heavy (non-hydrogen) atoms. The van der Waals surface area contributed by atoms with Gasteiger partial charge in [0.25, 0.3) is 0 Å². The Morgan fingerprint density at radius 1 is 1.39 bits per heavy atom. The number of nitrogens with zero attached hydrogens (tertiary/aromatic N) is 2. The van der Waals surface area contributed by atoms with Crippen molar-refractivity contribution < 1.29 is 18.3 Å². The lowest BCUT2D eigenvalue weighted by molar-refractivity contribution is -0.0501. The van der Waals surface area contributed by atoms with E-state index in [4.69, 9.17) is 0 Å². The summed E-state index contributed by atoms with van der Waals surface area (Å²) in [4.78, 5) is 15.9. The van der Waals surface area contributed by atoms with E-state index >= 15 is 0 Å². The van der Waals surface area contributed by atoms with E-state index in [1.165, 1.54) is 30.7 Å². The van der Waals surface area contributed by atoms with Crippen LogP contribution in [0.4, 0.5) is 8.78 Å². The zero-order chi connectivity index (χ0) is 13.1. The van der Waals surface area contributed by atoms with Gasteiger partial charge >= 0.3 is 6.61 Å². The van der Waals surface area contributed by atoms with Gasteiger partial charge in [0.1, 0.15) is 11.4 Å². The smallest absolute Gasteiger partial charge is 0.387 e. The summed E-state index contributed by atoms with van der Waals surface area (Å²) in [5, 5.41) is 0. The molecule has 0 saturated heterocycles. The molecular formula is C12H10F2N2O2. The molecule has 2 rings (SSSR count). The van der Waals surface area contributed by atoms with Gasteiger partial charge in [-0.1, -0.05) is 12.1 Å². The quantitative estimate of drug-likeness (QED) is 0.784. The van der Waals surface area contributed by atoms with Crippen LogP contribution in [0.2, 0.25) is 0 Å². The van der Waals surface area contributed by atoms with Crippen molar-refractivity contribution in [1.29, 1.82) is 0 Å². The zero-order valence-corrected chi connectivity index (χ0v) is 9.51. The summed E-state index contributed by atoms with van der Waals surface area (Å²) in [6.07, 6.45) is 2.98. The van der Waals surface area contributed by atoms with E-state index in [1.807, 2.05) is 0 Å². The maximum absolute atomic E-state index is 12.2. The second-order valence-corrected chi connectivity index (χ2v) is 3.63. The molecule has 0 aliphatic heterocycles. The van der Waals surface area contributed by atoms with Crippen LogP contribution in [0.1, 0.15) is 16.1 Å². The summed E-state index contributed by atoms with van der Waals surface area (Å²) in [5.74, 6) is -0.602. The highest BCUT2D eigenvalue weighted by atomic mass is 19.3. The highest BCUT2D eigenvalue weighted by Gasteiger charge is 2.18. The van der Waals surface area contributed by atoms with Crippen molar-refractivity contribution in [2.75, 3.05) is 0 Å². The number of halogens is 2. The number of alkyl halides is 2. The summed E-state index contributed by atoms with van der Waals surface area (Å²) in [6.45, 7) is -2.97. The molecule has 1 aromatic carbocycles. The minimum absolute atomic E-state index is 0.0662. The number of carbonyl (C=O) groups excluding carboxylic acids is 1. The molecular weight excluding hydrogens is 242 g/mol. The molecule has 0 aliphatic rings. The Hall–Kier alpha value is -2.24. The van der Waals surface area contributed by atoms with Gasteiger partial charge in [-0.15, -0.1) is 0 Å². The molecule has 0 fully saturated rings. The molecule has 1 heterocycles. The molecule has 0 amide bonds. The van der Waals surface area contributed by atoms with Gasteiger partial charge in [-0.25, -0.2) is 4.98 Å². The number of para-hydroxylation sites is 1. The van der Waals surface area contributed by atoms with Crippen LogP contribution < -0.4 is 4.74 Å². The zero-order valence-electron chi connectivity index (χ0n) is 9.51. The van der Waals surface area contributed by atoms with Crippen molar-refractivity contribution in [2.24, 2.45) is 7.05 Å². The SMILES string of the molecule is Cn1cnc(C(=O)c2ccccc2OC(F)F)c1. The number of aromatic nitrogens is 2. The number of aryl methyl sites for hydroxylation is 1. The predicted molar refractivity (Wildman–Crippen MR) is 59.7 cm³/mol. The van der Waals surface area contributed by atoms with Crippen LogP contribution in [0.5, 0.6) is 5.75 Å². The summed E-state index contributed by atoms with van der Waals surface area (Å²) in [7, 11) is 1.71. The van der Waals surface area contributed by atoms with Gasteiger partial charge < -0.3 is 9.30 Å². The van der Waals surface area contributed by atoms with Crippen molar-refractivity contribution in [3.63, 3.8) is 0 Å². The number of carbonyl (C=O) groups is 1. The molecule has 4 nitrogen and oxygen atoms in total. The summed E-state index contributed by atoms with van der Waals surface area (Å²) in [5.41, 5.74) is 0.249. The standard InChI is InChI=1S/C12H10F2N2O2/c1-16-6-9(15-7-16)11(17)8-4-2-3-5-10(8)18-12(13)14/h2-7,12H,1H3. The third kappa shape index (κ3) is 2.53. The molecule has 0 N–H and O–H groups in total. The molecule has 6 heteroatoms. The minimum atomic E-state index is -2.97. The number of benzene rings is 1. The third-order valence-electron chi connectivity index (χ3n) is 2.29. The van der Waals surface area contributed by atoms with Gasteiger partial charge in [0, 0.05) is 13.2 Å². The van der Waals surface area contributed by atoms with Crippen molar-refractivity contribution in [3.05, 3.63) is 48.0 Å².